The molecular formula is C16H19N3. The zero-order valence-corrected chi connectivity index (χ0v) is 11.2. The number of benzene rings is 1. The Hall–Kier alpha value is -2.05. The van der Waals surface area contributed by atoms with Gasteiger partial charge >= 0.3 is 0 Å². The summed E-state index contributed by atoms with van der Waals surface area (Å²) in [5.74, 6) is 5.97. The molecule has 0 aliphatic heterocycles. The maximum atomic E-state index is 6.28. The summed E-state index contributed by atoms with van der Waals surface area (Å²) < 4.78 is 2.10. The molecule has 98 valence electrons. The fourth-order valence-corrected chi connectivity index (χ4v) is 2.10. The number of hydrogen-bond donors (Lipinski definition) is 1. The van der Waals surface area contributed by atoms with E-state index in [2.05, 4.69) is 33.5 Å². The van der Waals surface area contributed by atoms with Crippen LogP contribution in [0.4, 0.5) is 0 Å². The molecule has 0 aliphatic rings. The Bertz CT molecular complexity index is 560. The molecule has 0 saturated heterocycles. The SMILES string of the molecule is CC#CCCn1cncc1[C@H](N)Cc1ccccc1. The van der Waals surface area contributed by atoms with Crippen LogP contribution in [0, 0.1) is 11.8 Å². The van der Waals surface area contributed by atoms with E-state index in [1.165, 1.54) is 5.56 Å². The van der Waals surface area contributed by atoms with Crippen molar-refractivity contribution in [1.82, 2.24) is 9.55 Å². The predicted molar refractivity (Wildman–Crippen MR) is 77.4 cm³/mol. The lowest BCUT2D eigenvalue weighted by atomic mass is 10.0. The number of aryl methyl sites for hydroxylation is 1. The Kier molecular flexibility index (Phi) is 4.77. The van der Waals surface area contributed by atoms with Crippen LogP contribution < -0.4 is 5.73 Å². The van der Waals surface area contributed by atoms with Gasteiger partial charge in [0.05, 0.1) is 18.1 Å². The third-order valence-corrected chi connectivity index (χ3v) is 3.08. The van der Waals surface area contributed by atoms with Gasteiger partial charge in [0.15, 0.2) is 0 Å². The van der Waals surface area contributed by atoms with E-state index in [9.17, 15) is 0 Å². The Balaban J connectivity index is 2.04. The van der Waals surface area contributed by atoms with Gasteiger partial charge in [-0.1, -0.05) is 30.3 Å². The highest BCUT2D eigenvalue weighted by Gasteiger charge is 2.11. The second-order valence-corrected chi connectivity index (χ2v) is 4.48. The van der Waals surface area contributed by atoms with E-state index < -0.39 is 0 Å². The van der Waals surface area contributed by atoms with Crippen LogP contribution in [0.5, 0.6) is 0 Å². The fraction of sp³-hybridized carbons (Fsp3) is 0.312. The first kappa shape index (κ1) is 13.4. The summed E-state index contributed by atoms with van der Waals surface area (Å²) in [4.78, 5) is 4.20. The van der Waals surface area contributed by atoms with Gasteiger partial charge in [-0.3, -0.25) is 0 Å². The van der Waals surface area contributed by atoms with Crippen molar-refractivity contribution in [2.45, 2.75) is 32.4 Å². The topological polar surface area (TPSA) is 43.8 Å². The van der Waals surface area contributed by atoms with E-state index in [0.717, 1.165) is 25.1 Å². The molecule has 1 atom stereocenters. The number of aromatic nitrogens is 2. The van der Waals surface area contributed by atoms with Crippen molar-refractivity contribution >= 4 is 0 Å². The Morgan fingerprint density at radius 2 is 2.11 bits per heavy atom. The number of rotatable bonds is 5. The number of nitrogens with zero attached hydrogens (tertiary/aromatic N) is 2. The van der Waals surface area contributed by atoms with Crippen LogP contribution >= 0.6 is 0 Å². The average Bonchev–Trinajstić information content (AvgIpc) is 2.89. The molecule has 0 amide bonds. The highest BCUT2D eigenvalue weighted by molar-refractivity contribution is 5.18. The van der Waals surface area contributed by atoms with Gasteiger partial charge in [-0.15, -0.1) is 11.8 Å². The standard InChI is InChI=1S/C16H19N3/c1-2-3-7-10-19-13-18-12-16(19)15(17)11-14-8-5-4-6-9-14/h4-6,8-9,12-13,15H,7,10-11,17H2,1H3/t15-/m1/s1. The summed E-state index contributed by atoms with van der Waals surface area (Å²) in [7, 11) is 0. The average molecular weight is 253 g/mol. The van der Waals surface area contributed by atoms with Crippen LogP contribution in [0.15, 0.2) is 42.9 Å². The zero-order chi connectivity index (χ0) is 13.5. The second kappa shape index (κ2) is 6.77. The third kappa shape index (κ3) is 3.70. The summed E-state index contributed by atoms with van der Waals surface area (Å²) in [6.07, 6.45) is 5.34. The maximum Gasteiger partial charge on any atom is 0.0948 e. The lowest BCUT2D eigenvalue weighted by molar-refractivity contribution is 0.605. The Morgan fingerprint density at radius 3 is 2.84 bits per heavy atom. The van der Waals surface area contributed by atoms with Crippen molar-refractivity contribution in [2.75, 3.05) is 0 Å². The molecule has 2 aromatic rings. The highest BCUT2D eigenvalue weighted by Crippen LogP contribution is 2.16. The molecule has 1 aromatic carbocycles. The molecule has 0 bridgehead atoms. The summed E-state index contributed by atoms with van der Waals surface area (Å²) in [6, 6.07) is 10.3. The van der Waals surface area contributed by atoms with Crippen LogP contribution in [-0.2, 0) is 13.0 Å². The molecule has 0 saturated carbocycles. The molecule has 1 heterocycles. The molecule has 2 N–H and O–H groups in total. The van der Waals surface area contributed by atoms with Crippen molar-refractivity contribution in [3.63, 3.8) is 0 Å². The summed E-state index contributed by atoms with van der Waals surface area (Å²) in [6.45, 7) is 2.70. The summed E-state index contributed by atoms with van der Waals surface area (Å²) in [5, 5.41) is 0. The van der Waals surface area contributed by atoms with Gasteiger partial charge in [0, 0.05) is 19.2 Å². The van der Waals surface area contributed by atoms with E-state index in [-0.39, 0.29) is 6.04 Å². The van der Waals surface area contributed by atoms with Gasteiger partial charge < -0.3 is 10.3 Å². The molecule has 3 nitrogen and oxygen atoms in total. The Labute approximate surface area is 114 Å². The molecule has 0 unspecified atom stereocenters. The van der Waals surface area contributed by atoms with Crippen LogP contribution in [0.25, 0.3) is 0 Å². The Morgan fingerprint density at radius 1 is 1.32 bits per heavy atom. The van der Waals surface area contributed by atoms with E-state index in [0.29, 0.717) is 0 Å². The molecule has 0 aliphatic carbocycles. The van der Waals surface area contributed by atoms with Gasteiger partial charge in [-0.2, -0.15) is 0 Å². The van der Waals surface area contributed by atoms with E-state index in [4.69, 9.17) is 5.73 Å². The predicted octanol–water partition coefficient (Wildman–Crippen LogP) is 2.54. The summed E-state index contributed by atoms with van der Waals surface area (Å²) >= 11 is 0. The van der Waals surface area contributed by atoms with Crippen molar-refractivity contribution in [3.05, 3.63) is 54.1 Å². The molecule has 3 heteroatoms. The molecule has 19 heavy (non-hydrogen) atoms. The molecule has 0 fully saturated rings. The van der Waals surface area contributed by atoms with Gasteiger partial charge in [-0.25, -0.2) is 4.98 Å². The molecular weight excluding hydrogens is 234 g/mol. The van der Waals surface area contributed by atoms with Crippen molar-refractivity contribution in [2.24, 2.45) is 5.73 Å². The quantitative estimate of drug-likeness (QED) is 0.832. The minimum absolute atomic E-state index is 0.0283. The van der Waals surface area contributed by atoms with E-state index in [1.807, 2.05) is 37.6 Å². The maximum absolute atomic E-state index is 6.28. The van der Waals surface area contributed by atoms with Crippen molar-refractivity contribution in [1.29, 1.82) is 0 Å². The molecule has 1 aromatic heterocycles. The minimum Gasteiger partial charge on any atom is -0.332 e. The lowest BCUT2D eigenvalue weighted by Gasteiger charge is -2.14. The van der Waals surface area contributed by atoms with Crippen molar-refractivity contribution < 1.29 is 0 Å². The normalized spacial score (nSPS) is 11.7. The van der Waals surface area contributed by atoms with Gasteiger partial charge in [0.2, 0.25) is 0 Å². The van der Waals surface area contributed by atoms with Crippen LogP contribution in [-0.4, -0.2) is 9.55 Å². The smallest absolute Gasteiger partial charge is 0.0948 e. The molecule has 2 rings (SSSR count). The first-order valence-corrected chi connectivity index (χ1v) is 6.50. The number of hydrogen-bond acceptors (Lipinski definition) is 2. The first-order valence-electron chi connectivity index (χ1n) is 6.50. The van der Waals surface area contributed by atoms with E-state index >= 15 is 0 Å². The monoisotopic (exact) mass is 253 g/mol. The minimum atomic E-state index is -0.0283. The van der Waals surface area contributed by atoms with Crippen LogP contribution in [0.2, 0.25) is 0 Å². The van der Waals surface area contributed by atoms with Gasteiger partial charge in [-0.05, 0) is 18.9 Å². The third-order valence-electron chi connectivity index (χ3n) is 3.08. The first-order chi connectivity index (χ1) is 9.31. The second-order valence-electron chi connectivity index (χ2n) is 4.48. The van der Waals surface area contributed by atoms with Crippen molar-refractivity contribution in [3.8, 4) is 11.8 Å². The van der Waals surface area contributed by atoms with Gasteiger partial charge in [0.1, 0.15) is 0 Å². The van der Waals surface area contributed by atoms with Gasteiger partial charge in [0.25, 0.3) is 0 Å². The lowest BCUT2D eigenvalue weighted by Crippen LogP contribution is -2.17. The molecule has 0 spiro atoms. The van der Waals surface area contributed by atoms with Crippen LogP contribution in [0.1, 0.15) is 30.6 Å². The number of imidazole rings is 1. The zero-order valence-electron chi connectivity index (χ0n) is 11.2. The fourth-order valence-electron chi connectivity index (χ4n) is 2.10. The van der Waals surface area contributed by atoms with Crippen LogP contribution in [0.3, 0.4) is 0 Å². The summed E-state index contributed by atoms with van der Waals surface area (Å²) in [5.41, 5.74) is 8.60. The largest absolute Gasteiger partial charge is 0.332 e. The molecule has 0 radical (unpaired) electrons. The highest BCUT2D eigenvalue weighted by atomic mass is 15.1. The van der Waals surface area contributed by atoms with E-state index in [1.54, 1.807) is 0 Å². The number of nitrogens with two attached hydrogens (primary N) is 1.